The zero-order valence-corrected chi connectivity index (χ0v) is 8.67. The van der Waals surface area contributed by atoms with Crippen LogP contribution in [0, 0.1) is 0 Å². The summed E-state index contributed by atoms with van der Waals surface area (Å²) in [5.74, 6) is 0.934. The molecule has 3 heterocycles. The molecule has 2 N–H and O–H groups in total. The number of aromatic amines is 1. The lowest BCUT2D eigenvalue weighted by Crippen LogP contribution is -2.22. The number of carbonyl (C=O) groups is 1. The van der Waals surface area contributed by atoms with E-state index in [4.69, 9.17) is 0 Å². The molecule has 0 bridgehead atoms. The largest absolute Gasteiger partial charge is 0.311 e. The molecule has 76 valence electrons. The number of fused-ring (bicyclic) bond motifs is 1. The van der Waals surface area contributed by atoms with Crippen molar-refractivity contribution < 1.29 is 4.79 Å². The first-order chi connectivity index (χ1) is 7.34. The Labute approximate surface area is 90.3 Å². The molecule has 1 aliphatic rings. The Balaban J connectivity index is 2.08. The Bertz CT molecular complexity index is 489. The molecular formula is C10H9N3OS. The third kappa shape index (κ3) is 1.35. The van der Waals surface area contributed by atoms with E-state index in [9.17, 15) is 4.79 Å². The van der Waals surface area contributed by atoms with E-state index in [1.165, 1.54) is 5.56 Å². The van der Waals surface area contributed by atoms with Gasteiger partial charge in [-0.05, 0) is 22.4 Å². The Kier molecular flexibility index (Phi) is 1.85. The lowest BCUT2D eigenvalue weighted by Gasteiger charge is -2.20. The van der Waals surface area contributed by atoms with Crippen LogP contribution in [0.3, 0.4) is 0 Å². The molecule has 5 heteroatoms. The fourth-order valence-electron chi connectivity index (χ4n) is 1.92. The molecule has 0 aliphatic carbocycles. The molecule has 0 spiro atoms. The van der Waals surface area contributed by atoms with Gasteiger partial charge in [0.15, 0.2) is 0 Å². The summed E-state index contributed by atoms with van der Waals surface area (Å²) < 4.78 is 0. The van der Waals surface area contributed by atoms with Crippen molar-refractivity contribution in [2.24, 2.45) is 0 Å². The summed E-state index contributed by atoms with van der Waals surface area (Å²) in [7, 11) is 0. The fourth-order valence-corrected chi connectivity index (χ4v) is 2.63. The molecule has 3 rings (SSSR count). The van der Waals surface area contributed by atoms with Crippen molar-refractivity contribution in [3.05, 3.63) is 34.2 Å². The van der Waals surface area contributed by atoms with E-state index < -0.39 is 0 Å². The minimum atomic E-state index is 0.0444. The first-order valence-electron chi connectivity index (χ1n) is 4.70. The van der Waals surface area contributed by atoms with Crippen LogP contribution in [0.2, 0.25) is 0 Å². The molecule has 0 unspecified atom stereocenters. The van der Waals surface area contributed by atoms with Gasteiger partial charge >= 0.3 is 0 Å². The number of anilines is 1. The number of nitrogens with zero attached hydrogens (tertiary/aromatic N) is 1. The van der Waals surface area contributed by atoms with Crippen LogP contribution in [-0.4, -0.2) is 16.1 Å². The van der Waals surface area contributed by atoms with Crippen LogP contribution in [0.4, 0.5) is 5.82 Å². The summed E-state index contributed by atoms with van der Waals surface area (Å²) in [6, 6.07) is 2.06. The quantitative estimate of drug-likeness (QED) is 0.770. The molecular weight excluding hydrogens is 210 g/mol. The second kappa shape index (κ2) is 3.20. The average molecular weight is 219 g/mol. The maximum absolute atomic E-state index is 11.5. The van der Waals surface area contributed by atoms with Gasteiger partial charge in [0.2, 0.25) is 5.91 Å². The minimum Gasteiger partial charge on any atom is -0.311 e. The molecule has 0 aromatic carbocycles. The highest BCUT2D eigenvalue weighted by atomic mass is 32.1. The number of hydrogen-bond acceptors (Lipinski definition) is 3. The van der Waals surface area contributed by atoms with Gasteiger partial charge in [0, 0.05) is 17.9 Å². The number of thiophene rings is 1. The van der Waals surface area contributed by atoms with Gasteiger partial charge in [-0.3, -0.25) is 9.89 Å². The van der Waals surface area contributed by atoms with Crippen LogP contribution in [0.1, 0.15) is 23.5 Å². The molecule has 0 saturated heterocycles. The van der Waals surface area contributed by atoms with Crippen LogP contribution in [-0.2, 0) is 4.79 Å². The van der Waals surface area contributed by atoms with Gasteiger partial charge < -0.3 is 5.32 Å². The van der Waals surface area contributed by atoms with Crippen LogP contribution in [0.15, 0.2) is 23.0 Å². The maximum Gasteiger partial charge on any atom is 0.226 e. The third-order valence-corrected chi connectivity index (χ3v) is 3.35. The molecule has 2 aromatic rings. The predicted octanol–water partition coefficient (Wildman–Crippen LogP) is 1.95. The SMILES string of the molecule is O=C1C[C@@H](c2ccsc2)c2cn[nH]c2N1. The summed E-state index contributed by atoms with van der Waals surface area (Å²) in [5.41, 5.74) is 2.27. The van der Waals surface area contributed by atoms with E-state index in [-0.39, 0.29) is 11.8 Å². The van der Waals surface area contributed by atoms with E-state index in [0.717, 1.165) is 11.4 Å². The van der Waals surface area contributed by atoms with Gasteiger partial charge in [-0.15, -0.1) is 0 Å². The van der Waals surface area contributed by atoms with Crippen molar-refractivity contribution >= 4 is 23.1 Å². The first kappa shape index (κ1) is 8.67. The molecule has 15 heavy (non-hydrogen) atoms. The van der Waals surface area contributed by atoms with E-state index in [1.54, 1.807) is 17.5 Å². The second-order valence-electron chi connectivity index (χ2n) is 3.56. The highest BCUT2D eigenvalue weighted by molar-refractivity contribution is 7.08. The van der Waals surface area contributed by atoms with Gasteiger partial charge in [0.05, 0.1) is 6.20 Å². The summed E-state index contributed by atoms with van der Waals surface area (Å²) in [6.07, 6.45) is 2.29. The lowest BCUT2D eigenvalue weighted by molar-refractivity contribution is -0.116. The molecule has 0 saturated carbocycles. The smallest absolute Gasteiger partial charge is 0.226 e. The zero-order chi connectivity index (χ0) is 10.3. The third-order valence-electron chi connectivity index (χ3n) is 2.64. The Hall–Kier alpha value is -1.62. The van der Waals surface area contributed by atoms with Crippen LogP contribution >= 0.6 is 11.3 Å². The van der Waals surface area contributed by atoms with Gasteiger partial charge in [-0.25, -0.2) is 0 Å². The van der Waals surface area contributed by atoms with Gasteiger partial charge in [-0.2, -0.15) is 16.4 Å². The standard InChI is InChI=1S/C10H9N3OS/c14-9-3-7(6-1-2-15-5-6)8-4-11-13-10(8)12-9/h1-2,4-5,7H,3H2,(H2,11,12,13,14)/t7-/m0/s1. The van der Waals surface area contributed by atoms with E-state index in [0.29, 0.717) is 6.42 Å². The van der Waals surface area contributed by atoms with Gasteiger partial charge in [-0.1, -0.05) is 0 Å². The number of rotatable bonds is 1. The molecule has 0 radical (unpaired) electrons. The summed E-state index contributed by atoms with van der Waals surface area (Å²) in [4.78, 5) is 11.5. The van der Waals surface area contributed by atoms with Crippen molar-refractivity contribution in [3.63, 3.8) is 0 Å². The van der Waals surface area contributed by atoms with E-state index in [1.807, 2.05) is 5.38 Å². The Morgan fingerprint density at radius 3 is 3.27 bits per heavy atom. The van der Waals surface area contributed by atoms with Crippen LogP contribution in [0.25, 0.3) is 0 Å². The van der Waals surface area contributed by atoms with Crippen molar-refractivity contribution in [3.8, 4) is 0 Å². The van der Waals surface area contributed by atoms with E-state index >= 15 is 0 Å². The summed E-state index contributed by atoms with van der Waals surface area (Å²) in [5, 5.41) is 13.7. The molecule has 1 amide bonds. The molecule has 4 nitrogen and oxygen atoms in total. The zero-order valence-electron chi connectivity index (χ0n) is 7.86. The molecule has 1 aliphatic heterocycles. The normalized spacial score (nSPS) is 19.7. The molecule has 1 atom stereocenters. The number of hydrogen-bond donors (Lipinski definition) is 2. The monoisotopic (exact) mass is 219 g/mol. The summed E-state index contributed by atoms with van der Waals surface area (Å²) in [6.45, 7) is 0. The minimum absolute atomic E-state index is 0.0444. The number of nitrogens with one attached hydrogen (secondary N) is 2. The first-order valence-corrected chi connectivity index (χ1v) is 5.64. The van der Waals surface area contributed by atoms with E-state index in [2.05, 4.69) is 27.0 Å². The summed E-state index contributed by atoms with van der Waals surface area (Å²) >= 11 is 1.65. The highest BCUT2D eigenvalue weighted by Crippen LogP contribution is 2.36. The molecule has 2 aromatic heterocycles. The topological polar surface area (TPSA) is 57.8 Å². The van der Waals surface area contributed by atoms with Gasteiger partial charge in [0.1, 0.15) is 5.82 Å². The predicted molar refractivity (Wildman–Crippen MR) is 58.0 cm³/mol. The number of H-pyrrole nitrogens is 1. The lowest BCUT2D eigenvalue weighted by atomic mass is 9.89. The number of carbonyl (C=O) groups excluding carboxylic acids is 1. The number of aromatic nitrogens is 2. The van der Waals surface area contributed by atoms with Gasteiger partial charge in [0.25, 0.3) is 0 Å². The Morgan fingerprint density at radius 1 is 1.53 bits per heavy atom. The Morgan fingerprint density at radius 2 is 2.47 bits per heavy atom. The average Bonchev–Trinajstić information content (AvgIpc) is 2.86. The maximum atomic E-state index is 11.5. The van der Waals surface area contributed by atoms with Crippen LogP contribution < -0.4 is 5.32 Å². The van der Waals surface area contributed by atoms with Crippen molar-refractivity contribution in [2.45, 2.75) is 12.3 Å². The van der Waals surface area contributed by atoms with Crippen LogP contribution in [0.5, 0.6) is 0 Å². The number of amides is 1. The fraction of sp³-hybridized carbons (Fsp3) is 0.200. The van der Waals surface area contributed by atoms with Crippen molar-refractivity contribution in [1.29, 1.82) is 0 Å². The van der Waals surface area contributed by atoms with Crippen molar-refractivity contribution in [2.75, 3.05) is 5.32 Å². The second-order valence-corrected chi connectivity index (χ2v) is 4.34. The highest BCUT2D eigenvalue weighted by Gasteiger charge is 2.27. The molecule has 0 fully saturated rings. The van der Waals surface area contributed by atoms with Crippen molar-refractivity contribution in [1.82, 2.24) is 10.2 Å².